The summed E-state index contributed by atoms with van der Waals surface area (Å²) < 4.78 is 7.01. The van der Waals surface area contributed by atoms with E-state index in [1.54, 1.807) is 17.0 Å². The number of likely N-dealkylation sites (tertiary alicyclic amines) is 1. The van der Waals surface area contributed by atoms with Gasteiger partial charge in [0.15, 0.2) is 5.69 Å². The molecular weight excluding hydrogens is 358 g/mol. The van der Waals surface area contributed by atoms with Crippen molar-refractivity contribution in [2.45, 2.75) is 25.5 Å². The van der Waals surface area contributed by atoms with Gasteiger partial charge in [0.1, 0.15) is 18.4 Å². The van der Waals surface area contributed by atoms with Gasteiger partial charge in [0.05, 0.1) is 11.1 Å². The number of piperidine rings is 1. The molecule has 0 unspecified atom stereocenters. The number of rotatable bonds is 6. The number of carbonyl (C=O) groups excluding carboxylic acids is 1. The molecule has 142 valence electrons. The molecule has 0 radical (unpaired) electrons. The maximum absolute atomic E-state index is 12.3. The molecular formula is C16H17N5O6. The van der Waals surface area contributed by atoms with E-state index in [-0.39, 0.29) is 29.9 Å². The first-order valence-corrected chi connectivity index (χ1v) is 8.24. The molecule has 0 bridgehead atoms. The molecule has 1 aliphatic heterocycles. The fourth-order valence-corrected chi connectivity index (χ4v) is 2.77. The second-order valence-corrected chi connectivity index (χ2v) is 6.06. The smallest absolute Gasteiger partial charge is 0.358 e. The van der Waals surface area contributed by atoms with Gasteiger partial charge in [-0.3, -0.25) is 14.9 Å². The van der Waals surface area contributed by atoms with Gasteiger partial charge in [-0.2, -0.15) is 0 Å². The summed E-state index contributed by atoms with van der Waals surface area (Å²) in [6.45, 7) is 0.919. The van der Waals surface area contributed by atoms with Crippen LogP contribution in [0.4, 0.5) is 5.69 Å². The van der Waals surface area contributed by atoms with E-state index in [4.69, 9.17) is 9.84 Å². The Morgan fingerprint density at radius 1 is 1.26 bits per heavy atom. The average Bonchev–Trinajstić information content (AvgIpc) is 3.11. The average molecular weight is 375 g/mol. The van der Waals surface area contributed by atoms with Crippen molar-refractivity contribution in [1.82, 2.24) is 19.9 Å². The van der Waals surface area contributed by atoms with Crippen molar-refractivity contribution >= 4 is 17.6 Å². The molecule has 1 fully saturated rings. The Morgan fingerprint density at radius 3 is 2.48 bits per heavy atom. The number of hydrogen-bond acceptors (Lipinski definition) is 7. The monoisotopic (exact) mass is 375 g/mol. The quantitative estimate of drug-likeness (QED) is 0.581. The highest BCUT2D eigenvalue weighted by Crippen LogP contribution is 2.22. The molecule has 1 aliphatic rings. The topological polar surface area (TPSA) is 141 Å². The van der Waals surface area contributed by atoms with Crippen LogP contribution in [0.1, 0.15) is 23.3 Å². The van der Waals surface area contributed by atoms with Gasteiger partial charge in [-0.1, -0.05) is 5.21 Å². The first-order valence-electron chi connectivity index (χ1n) is 8.24. The summed E-state index contributed by atoms with van der Waals surface area (Å²) in [6.07, 6.45) is 2.38. The Hall–Kier alpha value is -3.50. The lowest BCUT2D eigenvalue weighted by molar-refractivity contribution is -0.384. The third-order valence-electron chi connectivity index (χ3n) is 4.20. The zero-order valence-electron chi connectivity index (χ0n) is 14.2. The second kappa shape index (κ2) is 7.81. The minimum absolute atomic E-state index is 0.00179. The van der Waals surface area contributed by atoms with E-state index in [1.807, 2.05) is 0 Å². The lowest BCUT2D eigenvalue weighted by Crippen LogP contribution is -2.43. The number of carbonyl (C=O) groups is 2. The molecule has 2 aromatic rings. The lowest BCUT2D eigenvalue weighted by atomic mass is 10.1. The number of carboxylic acids is 1. The summed E-state index contributed by atoms with van der Waals surface area (Å²) in [4.78, 5) is 34.9. The van der Waals surface area contributed by atoms with Crippen LogP contribution in [0.5, 0.6) is 5.75 Å². The van der Waals surface area contributed by atoms with Crippen molar-refractivity contribution in [3.8, 4) is 5.75 Å². The van der Waals surface area contributed by atoms with Gasteiger partial charge in [-0.05, 0) is 12.1 Å². The first-order chi connectivity index (χ1) is 12.9. The highest BCUT2D eigenvalue weighted by atomic mass is 16.6. The lowest BCUT2D eigenvalue weighted by Gasteiger charge is -2.32. The number of nitro groups is 1. The van der Waals surface area contributed by atoms with Gasteiger partial charge < -0.3 is 14.7 Å². The molecule has 1 N–H and O–H groups in total. The number of aromatic carboxylic acids is 1. The van der Waals surface area contributed by atoms with Gasteiger partial charge in [0, 0.05) is 38.1 Å². The number of carboxylic acid groups (broad SMARTS) is 1. The number of ether oxygens (including phenoxy) is 1. The highest BCUT2D eigenvalue weighted by Gasteiger charge is 2.24. The number of non-ortho nitro benzene ring substituents is 1. The molecule has 11 heteroatoms. The van der Waals surface area contributed by atoms with Crippen molar-refractivity contribution in [3.05, 3.63) is 46.3 Å². The Morgan fingerprint density at radius 2 is 1.93 bits per heavy atom. The maximum Gasteiger partial charge on any atom is 0.358 e. The van der Waals surface area contributed by atoms with Crippen molar-refractivity contribution in [2.24, 2.45) is 0 Å². The third-order valence-corrected chi connectivity index (χ3v) is 4.20. The molecule has 2 heterocycles. The molecule has 1 amide bonds. The third kappa shape index (κ3) is 4.57. The van der Waals surface area contributed by atoms with E-state index in [2.05, 4.69) is 10.3 Å². The van der Waals surface area contributed by atoms with Gasteiger partial charge in [-0.15, -0.1) is 5.10 Å². The molecule has 0 atom stereocenters. The summed E-state index contributed by atoms with van der Waals surface area (Å²) in [5, 5.41) is 26.6. The molecule has 1 saturated heterocycles. The second-order valence-electron chi connectivity index (χ2n) is 6.06. The summed E-state index contributed by atoms with van der Waals surface area (Å²) in [5.74, 6) is -0.822. The standard InChI is InChI=1S/C16H17N5O6/c22-15(10-20-9-14(16(23)24)17-18-20)19-7-5-13(6-8-19)27-12-3-1-11(2-4-12)21(25)26/h1-4,9,13H,5-8,10H2,(H,23,24). The number of amides is 1. The van der Waals surface area contributed by atoms with Gasteiger partial charge in [-0.25, -0.2) is 9.48 Å². The Kier molecular flexibility index (Phi) is 5.29. The first kappa shape index (κ1) is 18.3. The van der Waals surface area contributed by atoms with E-state index in [0.29, 0.717) is 31.7 Å². The van der Waals surface area contributed by atoms with Crippen molar-refractivity contribution in [2.75, 3.05) is 13.1 Å². The molecule has 1 aromatic heterocycles. The van der Waals surface area contributed by atoms with Crippen LogP contribution in [0.2, 0.25) is 0 Å². The normalized spacial score (nSPS) is 14.7. The number of benzene rings is 1. The van der Waals surface area contributed by atoms with E-state index in [0.717, 1.165) is 0 Å². The predicted molar refractivity (Wildman–Crippen MR) is 90.3 cm³/mol. The van der Waals surface area contributed by atoms with Crippen LogP contribution in [-0.4, -0.2) is 61.0 Å². The number of nitro benzene ring substituents is 1. The van der Waals surface area contributed by atoms with Crippen molar-refractivity contribution in [1.29, 1.82) is 0 Å². The Bertz CT molecular complexity index is 841. The molecule has 0 aliphatic carbocycles. The fraction of sp³-hybridized carbons (Fsp3) is 0.375. The molecule has 0 saturated carbocycles. The minimum Gasteiger partial charge on any atom is -0.490 e. The minimum atomic E-state index is -1.20. The van der Waals surface area contributed by atoms with Crippen molar-refractivity contribution < 1.29 is 24.4 Å². The largest absolute Gasteiger partial charge is 0.490 e. The van der Waals surface area contributed by atoms with E-state index >= 15 is 0 Å². The van der Waals surface area contributed by atoms with E-state index in [1.165, 1.54) is 23.0 Å². The Balaban J connectivity index is 1.48. The van der Waals surface area contributed by atoms with Gasteiger partial charge >= 0.3 is 5.97 Å². The molecule has 11 nitrogen and oxygen atoms in total. The number of aromatic nitrogens is 3. The van der Waals surface area contributed by atoms with E-state index in [9.17, 15) is 19.7 Å². The summed E-state index contributed by atoms with van der Waals surface area (Å²) in [5.41, 5.74) is -0.208. The van der Waals surface area contributed by atoms with Gasteiger partial charge in [0.2, 0.25) is 5.91 Å². The van der Waals surface area contributed by atoms with Crippen LogP contribution in [0, 0.1) is 10.1 Å². The van der Waals surface area contributed by atoms with Crippen LogP contribution in [0.3, 0.4) is 0 Å². The fourth-order valence-electron chi connectivity index (χ4n) is 2.77. The van der Waals surface area contributed by atoms with Crippen LogP contribution in [0.25, 0.3) is 0 Å². The molecule has 27 heavy (non-hydrogen) atoms. The number of nitrogens with zero attached hydrogens (tertiary/aromatic N) is 5. The van der Waals surface area contributed by atoms with Crippen LogP contribution >= 0.6 is 0 Å². The summed E-state index contributed by atoms with van der Waals surface area (Å²) >= 11 is 0. The predicted octanol–water partition coefficient (Wildman–Crippen LogP) is 0.954. The maximum atomic E-state index is 12.3. The van der Waals surface area contributed by atoms with Gasteiger partial charge in [0.25, 0.3) is 5.69 Å². The SMILES string of the molecule is O=C(O)c1cn(CC(=O)N2CCC(Oc3ccc([N+](=O)[O-])cc3)CC2)nn1. The highest BCUT2D eigenvalue weighted by molar-refractivity contribution is 5.84. The summed E-state index contributed by atoms with van der Waals surface area (Å²) in [6, 6.07) is 5.88. The molecule has 0 spiro atoms. The summed E-state index contributed by atoms with van der Waals surface area (Å²) in [7, 11) is 0. The van der Waals surface area contributed by atoms with Crippen molar-refractivity contribution in [3.63, 3.8) is 0 Å². The Labute approximate surface area is 153 Å². The van der Waals surface area contributed by atoms with E-state index < -0.39 is 10.9 Å². The zero-order chi connectivity index (χ0) is 19.4. The zero-order valence-corrected chi connectivity index (χ0v) is 14.2. The van der Waals surface area contributed by atoms with Crippen LogP contribution in [-0.2, 0) is 11.3 Å². The number of hydrogen-bond donors (Lipinski definition) is 1. The van der Waals surface area contributed by atoms with Crippen LogP contribution < -0.4 is 4.74 Å². The molecule has 3 rings (SSSR count). The molecule has 1 aromatic carbocycles. The van der Waals surface area contributed by atoms with Crippen LogP contribution in [0.15, 0.2) is 30.5 Å².